The van der Waals surface area contributed by atoms with Crippen LogP contribution < -0.4 is 5.32 Å². The Balaban J connectivity index is 0.00000121. The summed E-state index contributed by atoms with van der Waals surface area (Å²) in [4.78, 5) is 0. The van der Waals surface area contributed by atoms with Gasteiger partial charge in [-0.1, -0.05) is 0 Å². The summed E-state index contributed by atoms with van der Waals surface area (Å²) in [5, 5.41) is 3.13. The molecule has 4 nitrogen and oxygen atoms in total. The molecule has 0 spiro atoms. The first-order valence-corrected chi connectivity index (χ1v) is 5.54. The Labute approximate surface area is 79.8 Å². The van der Waals surface area contributed by atoms with E-state index >= 15 is 0 Å². The second kappa shape index (κ2) is 4.41. The van der Waals surface area contributed by atoms with Crippen molar-refractivity contribution in [2.75, 3.05) is 25.9 Å². The monoisotopic (exact) mass is 214 g/mol. The Morgan fingerprint density at radius 1 is 1.50 bits per heavy atom. The lowest BCUT2D eigenvalue weighted by Crippen LogP contribution is -2.51. The summed E-state index contributed by atoms with van der Waals surface area (Å²) >= 11 is 0. The predicted molar refractivity (Wildman–Crippen MR) is 51.1 cm³/mol. The van der Waals surface area contributed by atoms with Crippen molar-refractivity contribution in [2.45, 2.75) is 13.0 Å². The highest BCUT2D eigenvalue weighted by molar-refractivity contribution is 7.88. The molecule has 6 heteroatoms. The van der Waals surface area contributed by atoms with Crippen LogP contribution in [0.5, 0.6) is 0 Å². The number of piperazine rings is 1. The zero-order chi connectivity index (χ0) is 8.48. The van der Waals surface area contributed by atoms with Crippen molar-refractivity contribution < 1.29 is 8.42 Å². The standard InChI is InChI=1S/C6H14N2O2S.ClH/c1-6-5-7-3-4-8(6)11(2,9)10;/h6-7H,3-5H2,1-2H3;1H. The lowest BCUT2D eigenvalue weighted by Gasteiger charge is -2.31. The lowest BCUT2D eigenvalue weighted by atomic mass is 10.3. The van der Waals surface area contributed by atoms with Crippen LogP contribution in [0.2, 0.25) is 0 Å². The van der Waals surface area contributed by atoms with Gasteiger partial charge in [0.05, 0.1) is 6.26 Å². The van der Waals surface area contributed by atoms with E-state index in [1.807, 2.05) is 6.92 Å². The third-order valence-corrected chi connectivity index (χ3v) is 3.26. The zero-order valence-corrected chi connectivity index (χ0v) is 8.91. The van der Waals surface area contributed by atoms with E-state index in [1.54, 1.807) is 0 Å². The largest absolute Gasteiger partial charge is 0.314 e. The van der Waals surface area contributed by atoms with Crippen LogP contribution in [-0.2, 0) is 10.0 Å². The molecule has 0 aromatic heterocycles. The van der Waals surface area contributed by atoms with E-state index in [9.17, 15) is 8.42 Å². The average Bonchev–Trinajstić information content (AvgIpc) is 1.86. The lowest BCUT2D eigenvalue weighted by molar-refractivity contribution is 0.285. The van der Waals surface area contributed by atoms with Crippen LogP contribution in [0.1, 0.15) is 6.92 Å². The van der Waals surface area contributed by atoms with Crippen molar-refractivity contribution in [3.05, 3.63) is 0 Å². The molecule has 0 aliphatic carbocycles. The summed E-state index contributed by atoms with van der Waals surface area (Å²) in [6.45, 7) is 4.03. The molecule has 1 aliphatic rings. The van der Waals surface area contributed by atoms with Crippen LogP contribution in [0.15, 0.2) is 0 Å². The van der Waals surface area contributed by atoms with Gasteiger partial charge in [0.25, 0.3) is 0 Å². The first kappa shape index (κ1) is 12.2. The fourth-order valence-corrected chi connectivity index (χ4v) is 2.47. The molecule has 1 fully saturated rings. The third kappa shape index (κ3) is 2.90. The summed E-state index contributed by atoms with van der Waals surface area (Å²) < 4.78 is 23.7. The molecule has 1 rings (SSSR count). The predicted octanol–water partition coefficient (Wildman–Crippen LogP) is -0.338. The van der Waals surface area contributed by atoms with Crippen LogP contribution in [0.25, 0.3) is 0 Å². The van der Waals surface area contributed by atoms with Gasteiger partial charge < -0.3 is 5.32 Å². The van der Waals surface area contributed by atoms with Gasteiger partial charge in [-0.2, -0.15) is 4.31 Å². The minimum atomic E-state index is -2.98. The van der Waals surface area contributed by atoms with E-state index in [0.29, 0.717) is 6.54 Å². The van der Waals surface area contributed by atoms with Gasteiger partial charge in [-0.05, 0) is 6.92 Å². The maximum atomic E-state index is 11.1. The normalized spacial score (nSPS) is 26.3. The minimum absolute atomic E-state index is 0. The summed E-state index contributed by atoms with van der Waals surface area (Å²) in [6, 6.07) is 0.0961. The number of nitrogens with one attached hydrogen (secondary N) is 1. The van der Waals surface area contributed by atoms with Crippen LogP contribution >= 0.6 is 12.4 Å². The van der Waals surface area contributed by atoms with Crippen molar-refractivity contribution in [3.8, 4) is 0 Å². The smallest absolute Gasteiger partial charge is 0.211 e. The quantitative estimate of drug-likeness (QED) is 0.650. The maximum Gasteiger partial charge on any atom is 0.211 e. The van der Waals surface area contributed by atoms with E-state index in [1.165, 1.54) is 10.6 Å². The molecule has 1 atom stereocenters. The Morgan fingerprint density at radius 2 is 2.08 bits per heavy atom. The summed E-state index contributed by atoms with van der Waals surface area (Å²) in [7, 11) is -2.98. The number of hydrogen-bond acceptors (Lipinski definition) is 3. The molecule has 0 bridgehead atoms. The molecular formula is C6H15ClN2O2S. The van der Waals surface area contributed by atoms with Crippen LogP contribution in [0, 0.1) is 0 Å². The van der Waals surface area contributed by atoms with Crippen molar-refractivity contribution in [3.63, 3.8) is 0 Å². The molecule has 0 aromatic carbocycles. The van der Waals surface area contributed by atoms with E-state index in [4.69, 9.17) is 0 Å². The molecule has 0 saturated carbocycles. The van der Waals surface area contributed by atoms with Gasteiger partial charge in [0, 0.05) is 25.7 Å². The van der Waals surface area contributed by atoms with Gasteiger partial charge in [-0.25, -0.2) is 8.42 Å². The molecule has 12 heavy (non-hydrogen) atoms. The van der Waals surface area contributed by atoms with Gasteiger partial charge >= 0.3 is 0 Å². The molecule has 1 heterocycles. The summed E-state index contributed by atoms with van der Waals surface area (Å²) in [5.74, 6) is 0. The van der Waals surface area contributed by atoms with Crippen molar-refractivity contribution in [1.29, 1.82) is 0 Å². The second-order valence-corrected chi connectivity index (χ2v) is 4.86. The third-order valence-electron chi connectivity index (χ3n) is 1.87. The molecule has 0 aromatic rings. The summed E-state index contributed by atoms with van der Waals surface area (Å²) in [6.07, 6.45) is 1.26. The topological polar surface area (TPSA) is 49.4 Å². The highest BCUT2D eigenvalue weighted by atomic mass is 35.5. The Kier molecular flexibility index (Phi) is 4.47. The number of hydrogen-bond donors (Lipinski definition) is 1. The molecule has 0 radical (unpaired) electrons. The average molecular weight is 215 g/mol. The molecule has 1 N–H and O–H groups in total. The van der Waals surface area contributed by atoms with E-state index in [0.717, 1.165) is 13.1 Å². The first-order chi connectivity index (χ1) is 5.02. The molecule has 1 saturated heterocycles. The highest BCUT2D eigenvalue weighted by Gasteiger charge is 2.25. The molecule has 1 aliphatic heterocycles. The first-order valence-electron chi connectivity index (χ1n) is 3.69. The highest BCUT2D eigenvalue weighted by Crippen LogP contribution is 2.06. The molecule has 0 amide bonds. The van der Waals surface area contributed by atoms with Crippen molar-refractivity contribution in [1.82, 2.24) is 9.62 Å². The number of sulfonamides is 1. The van der Waals surface area contributed by atoms with E-state index in [2.05, 4.69) is 5.32 Å². The summed E-state index contributed by atoms with van der Waals surface area (Å²) in [5.41, 5.74) is 0. The van der Waals surface area contributed by atoms with Crippen molar-refractivity contribution >= 4 is 22.4 Å². The molecule has 1 unspecified atom stereocenters. The fraction of sp³-hybridized carbons (Fsp3) is 1.00. The van der Waals surface area contributed by atoms with Gasteiger partial charge in [-0.15, -0.1) is 12.4 Å². The van der Waals surface area contributed by atoms with Gasteiger partial charge in [0.1, 0.15) is 0 Å². The van der Waals surface area contributed by atoms with Gasteiger partial charge in [-0.3, -0.25) is 0 Å². The minimum Gasteiger partial charge on any atom is -0.314 e. The van der Waals surface area contributed by atoms with Gasteiger partial charge in [0.2, 0.25) is 10.0 Å². The number of halogens is 1. The van der Waals surface area contributed by atoms with Crippen molar-refractivity contribution in [2.24, 2.45) is 0 Å². The molecular weight excluding hydrogens is 200 g/mol. The second-order valence-electron chi connectivity index (χ2n) is 2.93. The Morgan fingerprint density at radius 3 is 2.42 bits per heavy atom. The van der Waals surface area contributed by atoms with Crippen LogP contribution in [0.3, 0.4) is 0 Å². The SMILES string of the molecule is CC1CNCCN1S(C)(=O)=O.Cl. The number of rotatable bonds is 1. The maximum absolute atomic E-state index is 11.1. The Bertz CT molecular complexity index is 230. The van der Waals surface area contributed by atoms with E-state index in [-0.39, 0.29) is 18.4 Å². The molecule has 74 valence electrons. The Hall–Kier alpha value is 0.160. The van der Waals surface area contributed by atoms with E-state index < -0.39 is 10.0 Å². The fourth-order valence-electron chi connectivity index (χ4n) is 1.32. The number of nitrogens with zero attached hydrogens (tertiary/aromatic N) is 1. The van der Waals surface area contributed by atoms with Gasteiger partial charge in [0.15, 0.2) is 0 Å². The van der Waals surface area contributed by atoms with Crippen LogP contribution in [-0.4, -0.2) is 44.7 Å². The van der Waals surface area contributed by atoms with Crippen LogP contribution in [0.4, 0.5) is 0 Å². The zero-order valence-electron chi connectivity index (χ0n) is 7.28.